The molecule has 4 N–H and O–H groups in total. The average molecular weight is 510 g/mol. The van der Waals surface area contributed by atoms with Crippen molar-refractivity contribution in [2.45, 2.75) is 52.3 Å². The molecule has 8 heteroatoms. The number of carboxylic acid groups (broad SMARTS) is 1. The number of hydrogen-bond donors (Lipinski definition) is 3. The van der Waals surface area contributed by atoms with E-state index in [0.29, 0.717) is 43.2 Å². The third-order valence-electron chi connectivity index (χ3n) is 6.78. The van der Waals surface area contributed by atoms with Gasteiger partial charge in [-0.1, -0.05) is 36.4 Å². The van der Waals surface area contributed by atoms with E-state index in [1.165, 1.54) is 6.07 Å². The highest BCUT2D eigenvalue weighted by Gasteiger charge is 2.26. The standard InChI is InChI=1S/C29H33F2N3O3/c1-4-33-25-11-10-22(27(31)28(25)32)23(13-26(35)36)19-9-8-17(2)21(12-19)16-34-14-18(3)37-29-20(15-34)6-5-7-24(29)30/h5-12,18,23,33H,4,13-16,32H2,1-3H3,(H,35,36). The van der Waals surface area contributed by atoms with E-state index in [2.05, 4.69) is 10.2 Å². The number of hydrogen-bond acceptors (Lipinski definition) is 5. The molecule has 4 rings (SSSR count). The molecule has 2 atom stereocenters. The van der Waals surface area contributed by atoms with E-state index in [0.717, 1.165) is 16.7 Å². The van der Waals surface area contributed by atoms with E-state index < -0.39 is 17.7 Å². The molecule has 0 amide bonds. The fourth-order valence-corrected chi connectivity index (χ4v) is 4.96. The second-order valence-electron chi connectivity index (χ2n) is 9.62. The first-order valence-electron chi connectivity index (χ1n) is 12.5. The second kappa shape index (κ2) is 11.2. The van der Waals surface area contributed by atoms with Crippen LogP contribution in [0, 0.1) is 18.6 Å². The van der Waals surface area contributed by atoms with Crippen molar-refractivity contribution < 1.29 is 23.4 Å². The molecular formula is C29H33F2N3O3. The zero-order valence-electron chi connectivity index (χ0n) is 21.4. The van der Waals surface area contributed by atoms with Gasteiger partial charge in [0, 0.05) is 37.7 Å². The van der Waals surface area contributed by atoms with Crippen molar-refractivity contribution >= 4 is 17.3 Å². The van der Waals surface area contributed by atoms with Gasteiger partial charge in [-0.05, 0) is 55.2 Å². The van der Waals surface area contributed by atoms with Gasteiger partial charge >= 0.3 is 5.97 Å². The molecule has 3 aromatic rings. The van der Waals surface area contributed by atoms with Crippen molar-refractivity contribution in [2.24, 2.45) is 0 Å². The van der Waals surface area contributed by atoms with Crippen molar-refractivity contribution in [3.63, 3.8) is 0 Å². The van der Waals surface area contributed by atoms with Crippen molar-refractivity contribution in [3.05, 3.63) is 88.0 Å². The van der Waals surface area contributed by atoms with Gasteiger partial charge in [0.1, 0.15) is 6.10 Å². The number of aliphatic carboxylic acids is 1. The molecule has 1 aliphatic rings. The minimum absolute atomic E-state index is 0.0217. The van der Waals surface area contributed by atoms with E-state index in [1.807, 2.05) is 45.0 Å². The predicted molar refractivity (Wildman–Crippen MR) is 141 cm³/mol. The lowest BCUT2D eigenvalue weighted by Crippen LogP contribution is -2.30. The van der Waals surface area contributed by atoms with Crippen LogP contribution in [0.25, 0.3) is 0 Å². The summed E-state index contributed by atoms with van der Waals surface area (Å²) >= 11 is 0. The smallest absolute Gasteiger partial charge is 0.304 e. The van der Waals surface area contributed by atoms with Crippen LogP contribution in [-0.2, 0) is 17.9 Å². The van der Waals surface area contributed by atoms with Crippen LogP contribution in [0.1, 0.15) is 54.0 Å². The van der Waals surface area contributed by atoms with Gasteiger partial charge in [0.25, 0.3) is 0 Å². The van der Waals surface area contributed by atoms with E-state index in [-0.39, 0.29) is 29.6 Å². The van der Waals surface area contributed by atoms with Crippen molar-refractivity contribution in [3.8, 4) is 5.75 Å². The van der Waals surface area contributed by atoms with Crippen LogP contribution >= 0.6 is 0 Å². The van der Waals surface area contributed by atoms with Gasteiger partial charge < -0.3 is 20.9 Å². The molecule has 0 spiro atoms. The number of nitrogen functional groups attached to an aromatic ring is 1. The van der Waals surface area contributed by atoms with Crippen molar-refractivity contribution in [2.75, 3.05) is 24.1 Å². The summed E-state index contributed by atoms with van der Waals surface area (Å²) in [6.45, 7) is 8.02. The fourth-order valence-electron chi connectivity index (χ4n) is 4.96. The third kappa shape index (κ3) is 5.85. The number of anilines is 2. The molecule has 1 heterocycles. The molecule has 6 nitrogen and oxygen atoms in total. The van der Waals surface area contributed by atoms with Gasteiger partial charge in [0.2, 0.25) is 0 Å². The number of para-hydroxylation sites is 1. The molecule has 0 radical (unpaired) electrons. The Morgan fingerprint density at radius 2 is 2.03 bits per heavy atom. The number of nitrogens with two attached hydrogens (primary N) is 1. The van der Waals surface area contributed by atoms with Crippen LogP contribution in [0.15, 0.2) is 48.5 Å². The lowest BCUT2D eigenvalue weighted by molar-refractivity contribution is -0.137. The molecule has 0 aromatic heterocycles. The summed E-state index contributed by atoms with van der Waals surface area (Å²) in [6.07, 6.45) is -0.491. The Morgan fingerprint density at radius 3 is 2.76 bits per heavy atom. The van der Waals surface area contributed by atoms with Crippen LogP contribution in [0.3, 0.4) is 0 Å². The molecule has 0 saturated carbocycles. The number of benzene rings is 3. The summed E-state index contributed by atoms with van der Waals surface area (Å²) in [5.74, 6) is -2.43. The number of ether oxygens (including phenoxy) is 1. The maximum atomic E-state index is 15.4. The number of rotatable bonds is 8. The molecule has 0 saturated heterocycles. The van der Waals surface area contributed by atoms with Gasteiger partial charge in [-0.15, -0.1) is 0 Å². The summed E-state index contributed by atoms with van der Waals surface area (Å²) in [7, 11) is 0. The van der Waals surface area contributed by atoms with Gasteiger partial charge in [0.05, 0.1) is 17.8 Å². The van der Waals surface area contributed by atoms with Crippen LogP contribution < -0.4 is 15.8 Å². The molecule has 196 valence electrons. The Bertz CT molecular complexity index is 1300. The number of nitrogens with one attached hydrogen (secondary N) is 1. The van der Waals surface area contributed by atoms with E-state index in [4.69, 9.17) is 10.5 Å². The van der Waals surface area contributed by atoms with Crippen LogP contribution in [0.5, 0.6) is 5.75 Å². The summed E-state index contributed by atoms with van der Waals surface area (Å²) in [5.41, 5.74) is 10.2. The van der Waals surface area contributed by atoms with E-state index in [1.54, 1.807) is 18.2 Å². The first-order chi connectivity index (χ1) is 17.7. The maximum absolute atomic E-state index is 15.4. The normalized spacial score (nSPS) is 16.4. The third-order valence-corrected chi connectivity index (χ3v) is 6.78. The first kappa shape index (κ1) is 26.4. The molecule has 1 aliphatic heterocycles. The zero-order chi connectivity index (χ0) is 26.7. The molecule has 2 unspecified atom stereocenters. The monoisotopic (exact) mass is 509 g/mol. The first-order valence-corrected chi connectivity index (χ1v) is 12.5. The van der Waals surface area contributed by atoms with Crippen molar-refractivity contribution in [1.29, 1.82) is 0 Å². The largest absolute Gasteiger partial charge is 0.486 e. The van der Waals surface area contributed by atoms with Gasteiger partial charge in [-0.3, -0.25) is 9.69 Å². The highest BCUT2D eigenvalue weighted by atomic mass is 19.1. The Hall–Kier alpha value is -3.65. The second-order valence-corrected chi connectivity index (χ2v) is 9.62. The number of aryl methyl sites for hydroxylation is 1. The Morgan fingerprint density at radius 1 is 1.24 bits per heavy atom. The number of halogens is 2. The van der Waals surface area contributed by atoms with Gasteiger partial charge in [-0.2, -0.15) is 0 Å². The SMILES string of the molecule is CCNc1ccc(C(CC(=O)O)c2ccc(C)c(CN3Cc4cccc(F)c4OC(C)C3)c2)c(F)c1N. The number of carbonyl (C=O) groups is 1. The van der Waals surface area contributed by atoms with Gasteiger partial charge in [-0.25, -0.2) is 8.78 Å². The topological polar surface area (TPSA) is 87.8 Å². The fraction of sp³-hybridized carbons (Fsp3) is 0.345. The van der Waals surface area contributed by atoms with E-state index >= 15 is 4.39 Å². The molecular weight excluding hydrogens is 476 g/mol. The molecule has 0 bridgehead atoms. The summed E-state index contributed by atoms with van der Waals surface area (Å²) < 4.78 is 35.6. The Balaban J connectivity index is 1.67. The highest BCUT2D eigenvalue weighted by molar-refractivity contribution is 5.72. The van der Waals surface area contributed by atoms with E-state index in [9.17, 15) is 14.3 Å². The van der Waals surface area contributed by atoms with Crippen molar-refractivity contribution in [1.82, 2.24) is 4.90 Å². The predicted octanol–water partition coefficient (Wildman–Crippen LogP) is 5.68. The van der Waals surface area contributed by atoms with Crippen LogP contribution in [-0.4, -0.2) is 35.2 Å². The minimum Gasteiger partial charge on any atom is -0.486 e. The number of nitrogens with zero attached hydrogens (tertiary/aromatic N) is 1. The Kier molecular flexibility index (Phi) is 7.97. The number of fused-ring (bicyclic) bond motifs is 1. The quantitative estimate of drug-likeness (QED) is 0.339. The lowest BCUT2D eigenvalue weighted by atomic mass is 9.86. The minimum atomic E-state index is -1.03. The number of carboxylic acids is 1. The highest BCUT2D eigenvalue weighted by Crippen LogP contribution is 2.36. The Labute approximate surface area is 216 Å². The average Bonchev–Trinajstić information content (AvgIpc) is 3.01. The molecule has 0 aliphatic carbocycles. The maximum Gasteiger partial charge on any atom is 0.304 e. The lowest BCUT2D eigenvalue weighted by Gasteiger charge is -2.24. The molecule has 37 heavy (non-hydrogen) atoms. The van der Waals surface area contributed by atoms with Crippen LogP contribution in [0.4, 0.5) is 20.2 Å². The molecule has 3 aromatic carbocycles. The summed E-state index contributed by atoms with van der Waals surface area (Å²) in [4.78, 5) is 14.0. The summed E-state index contributed by atoms with van der Waals surface area (Å²) in [6, 6.07) is 14.0. The van der Waals surface area contributed by atoms with Gasteiger partial charge in [0.15, 0.2) is 17.4 Å². The summed E-state index contributed by atoms with van der Waals surface area (Å²) in [5, 5.41) is 12.7. The van der Waals surface area contributed by atoms with Crippen LogP contribution in [0.2, 0.25) is 0 Å². The zero-order valence-corrected chi connectivity index (χ0v) is 21.4. The molecule has 0 fully saturated rings.